The second kappa shape index (κ2) is 7.04. The molecule has 6 nitrogen and oxygen atoms in total. The van der Waals surface area contributed by atoms with E-state index in [0.29, 0.717) is 5.56 Å². The largest absolute Gasteiger partial charge is 0.494 e. The van der Waals surface area contributed by atoms with E-state index in [1.807, 2.05) is 24.3 Å². The van der Waals surface area contributed by atoms with Gasteiger partial charge in [-0.25, -0.2) is 0 Å². The second-order valence-corrected chi connectivity index (χ2v) is 5.94. The summed E-state index contributed by atoms with van der Waals surface area (Å²) in [7, 11) is 1.42. The number of para-hydroxylation sites is 1. The first-order chi connectivity index (χ1) is 12.0. The maximum atomic E-state index is 12.3. The van der Waals surface area contributed by atoms with Gasteiger partial charge in [0.1, 0.15) is 0 Å². The van der Waals surface area contributed by atoms with Crippen molar-refractivity contribution < 1.29 is 14.3 Å². The Kier molecular flexibility index (Phi) is 4.83. The van der Waals surface area contributed by atoms with Crippen LogP contribution in [0.5, 0.6) is 5.75 Å². The first-order valence-corrected chi connectivity index (χ1v) is 7.96. The number of methoxy groups -OCH3 is 1. The summed E-state index contributed by atoms with van der Waals surface area (Å²) in [5.41, 5.74) is 6.13. The molecular weight excluding hydrogens is 365 g/mol. The number of amides is 2. The van der Waals surface area contributed by atoms with Gasteiger partial charge in [0.25, 0.3) is 11.8 Å². The summed E-state index contributed by atoms with van der Waals surface area (Å²) in [4.78, 5) is 27.5. The number of hydrazine groups is 1. The van der Waals surface area contributed by atoms with Crippen LogP contribution in [0.2, 0.25) is 10.0 Å². The quantitative estimate of drug-likeness (QED) is 0.610. The molecule has 2 amide bonds. The highest BCUT2D eigenvalue weighted by Gasteiger charge is 2.16. The van der Waals surface area contributed by atoms with E-state index in [1.165, 1.54) is 19.2 Å². The summed E-state index contributed by atoms with van der Waals surface area (Å²) >= 11 is 12.0. The molecule has 0 fully saturated rings. The van der Waals surface area contributed by atoms with E-state index >= 15 is 0 Å². The van der Waals surface area contributed by atoms with Gasteiger partial charge in [0.05, 0.1) is 22.7 Å². The Hall–Kier alpha value is -2.70. The number of carbonyl (C=O) groups is 2. The number of aromatic nitrogens is 1. The highest BCUT2D eigenvalue weighted by molar-refractivity contribution is 6.37. The average molecular weight is 378 g/mol. The minimum atomic E-state index is -0.556. The van der Waals surface area contributed by atoms with Crippen LogP contribution in [0.3, 0.4) is 0 Å². The number of benzene rings is 2. The SMILES string of the molecule is COc1c(Cl)cc(C(=O)NNC(=O)c2c[nH]c3ccccc23)cc1Cl. The van der Waals surface area contributed by atoms with Crippen molar-refractivity contribution in [3.05, 3.63) is 63.8 Å². The number of fused-ring (bicyclic) bond motifs is 1. The molecule has 0 aliphatic carbocycles. The Balaban J connectivity index is 1.73. The Labute approximate surface area is 153 Å². The number of ether oxygens (including phenoxy) is 1. The molecule has 8 heteroatoms. The molecule has 0 atom stereocenters. The maximum Gasteiger partial charge on any atom is 0.271 e. The van der Waals surface area contributed by atoms with E-state index in [9.17, 15) is 9.59 Å². The van der Waals surface area contributed by atoms with Crippen LogP contribution in [0, 0.1) is 0 Å². The van der Waals surface area contributed by atoms with Crippen molar-refractivity contribution >= 4 is 45.9 Å². The van der Waals surface area contributed by atoms with Gasteiger partial charge in [-0.15, -0.1) is 0 Å². The monoisotopic (exact) mass is 377 g/mol. The molecule has 1 aromatic heterocycles. The van der Waals surface area contributed by atoms with Crippen LogP contribution < -0.4 is 15.6 Å². The van der Waals surface area contributed by atoms with Crippen LogP contribution in [0.25, 0.3) is 10.9 Å². The minimum absolute atomic E-state index is 0.190. The number of halogens is 2. The highest BCUT2D eigenvalue weighted by atomic mass is 35.5. The molecule has 128 valence electrons. The molecule has 0 spiro atoms. The summed E-state index contributed by atoms with van der Waals surface area (Å²) in [5, 5.41) is 1.15. The van der Waals surface area contributed by atoms with Crippen LogP contribution in [0.15, 0.2) is 42.6 Å². The zero-order valence-electron chi connectivity index (χ0n) is 13.0. The van der Waals surface area contributed by atoms with Crippen molar-refractivity contribution in [1.29, 1.82) is 0 Å². The van der Waals surface area contributed by atoms with Gasteiger partial charge < -0.3 is 9.72 Å². The molecular formula is C17H13Cl2N3O3. The summed E-state index contributed by atoms with van der Waals surface area (Å²) in [6, 6.07) is 10.2. The highest BCUT2D eigenvalue weighted by Crippen LogP contribution is 2.33. The number of aromatic amines is 1. The number of H-pyrrole nitrogens is 1. The molecule has 0 saturated carbocycles. The topological polar surface area (TPSA) is 83.2 Å². The van der Waals surface area contributed by atoms with Crippen LogP contribution in [-0.2, 0) is 0 Å². The molecule has 3 rings (SSSR count). The Bertz CT molecular complexity index is 946. The summed E-state index contributed by atoms with van der Waals surface area (Å²) in [5.74, 6) is -0.723. The van der Waals surface area contributed by atoms with Gasteiger partial charge in [-0.2, -0.15) is 0 Å². The standard InChI is InChI=1S/C17H13Cl2N3O3/c1-25-15-12(18)6-9(7-13(15)19)16(23)21-22-17(24)11-8-20-14-5-3-2-4-10(11)14/h2-8,20H,1H3,(H,21,23)(H,22,24). The Morgan fingerprint density at radius 3 is 2.36 bits per heavy atom. The molecule has 0 aliphatic rings. The maximum absolute atomic E-state index is 12.3. The lowest BCUT2D eigenvalue weighted by molar-refractivity contribution is 0.0847. The zero-order valence-corrected chi connectivity index (χ0v) is 14.5. The van der Waals surface area contributed by atoms with Crippen molar-refractivity contribution in [2.75, 3.05) is 7.11 Å². The predicted molar refractivity (Wildman–Crippen MR) is 96.2 cm³/mol. The van der Waals surface area contributed by atoms with E-state index in [0.717, 1.165) is 10.9 Å². The second-order valence-electron chi connectivity index (χ2n) is 5.13. The van der Waals surface area contributed by atoms with Crippen LogP contribution in [0.4, 0.5) is 0 Å². The van der Waals surface area contributed by atoms with Crippen molar-refractivity contribution in [1.82, 2.24) is 15.8 Å². The van der Waals surface area contributed by atoms with Gasteiger partial charge in [-0.1, -0.05) is 41.4 Å². The van der Waals surface area contributed by atoms with Crippen LogP contribution >= 0.6 is 23.2 Å². The van der Waals surface area contributed by atoms with Gasteiger partial charge in [-0.05, 0) is 18.2 Å². The summed E-state index contributed by atoms with van der Waals surface area (Å²) < 4.78 is 5.03. The first-order valence-electron chi connectivity index (χ1n) is 7.21. The van der Waals surface area contributed by atoms with E-state index in [2.05, 4.69) is 15.8 Å². The smallest absolute Gasteiger partial charge is 0.271 e. The number of carbonyl (C=O) groups excluding carboxylic acids is 2. The lowest BCUT2D eigenvalue weighted by Crippen LogP contribution is -2.41. The predicted octanol–water partition coefficient (Wildman–Crippen LogP) is 3.56. The van der Waals surface area contributed by atoms with Crippen LogP contribution in [-0.4, -0.2) is 23.9 Å². The van der Waals surface area contributed by atoms with E-state index in [-0.39, 0.29) is 21.4 Å². The zero-order chi connectivity index (χ0) is 18.0. The van der Waals surface area contributed by atoms with Gasteiger partial charge in [0, 0.05) is 22.7 Å². The molecule has 3 N–H and O–H groups in total. The third-order valence-electron chi connectivity index (χ3n) is 3.59. The molecule has 25 heavy (non-hydrogen) atoms. The molecule has 0 saturated heterocycles. The Morgan fingerprint density at radius 1 is 1.04 bits per heavy atom. The minimum Gasteiger partial charge on any atom is -0.494 e. The lowest BCUT2D eigenvalue weighted by atomic mass is 10.2. The van der Waals surface area contributed by atoms with Crippen molar-refractivity contribution in [2.24, 2.45) is 0 Å². The molecule has 3 aromatic rings. The number of rotatable bonds is 3. The summed E-state index contributed by atoms with van der Waals surface area (Å²) in [6.07, 6.45) is 1.58. The van der Waals surface area contributed by atoms with Gasteiger partial charge in [-0.3, -0.25) is 20.4 Å². The van der Waals surface area contributed by atoms with Gasteiger partial charge in [0.2, 0.25) is 0 Å². The van der Waals surface area contributed by atoms with Crippen molar-refractivity contribution in [3.8, 4) is 5.75 Å². The molecule has 1 heterocycles. The number of hydrogen-bond donors (Lipinski definition) is 3. The van der Waals surface area contributed by atoms with E-state index in [1.54, 1.807) is 6.20 Å². The number of hydrogen-bond acceptors (Lipinski definition) is 3. The van der Waals surface area contributed by atoms with Gasteiger partial charge >= 0.3 is 0 Å². The third-order valence-corrected chi connectivity index (χ3v) is 4.15. The lowest BCUT2D eigenvalue weighted by Gasteiger charge is -2.10. The molecule has 0 aliphatic heterocycles. The fraction of sp³-hybridized carbons (Fsp3) is 0.0588. The Morgan fingerprint density at radius 2 is 1.68 bits per heavy atom. The summed E-state index contributed by atoms with van der Waals surface area (Å²) in [6.45, 7) is 0. The van der Waals surface area contributed by atoms with Gasteiger partial charge in [0.15, 0.2) is 5.75 Å². The first kappa shape index (κ1) is 17.1. The molecule has 0 unspecified atom stereocenters. The van der Waals surface area contributed by atoms with E-state index < -0.39 is 11.8 Å². The molecule has 2 aromatic carbocycles. The van der Waals surface area contributed by atoms with Crippen molar-refractivity contribution in [3.63, 3.8) is 0 Å². The fourth-order valence-corrected chi connectivity index (χ4v) is 3.04. The number of nitrogens with one attached hydrogen (secondary N) is 3. The molecule has 0 radical (unpaired) electrons. The van der Waals surface area contributed by atoms with E-state index in [4.69, 9.17) is 27.9 Å². The molecule has 0 bridgehead atoms. The van der Waals surface area contributed by atoms with Crippen LogP contribution in [0.1, 0.15) is 20.7 Å². The average Bonchev–Trinajstić information content (AvgIpc) is 3.03. The van der Waals surface area contributed by atoms with Crippen molar-refractivity contribution in [2.45, 2.75) is 0 Å². The fourth-order valence-electron chi connectivity index (χ4n) is 2.40. The third kappa shape index (κ3) is 3.40. The normalized spacial score (nSPS) is 10.5.